The van der Waals surface area contributed by atoms with Gasteiger partial charge in [0.1, 0.15) is 29.5 Å². The zero-order valence-corrected chi connectivity index (χ0v) is 19.3. The number of hydrogen-bond acceptors (Lipinski definition) is 7. The molecular formula is C26H20F2N6O3. The molecule has 5 aromatic rings. The predicted octanol–water partition coefficient (Wildman–Crippen LogP) is 4.43. The Balaban J connectivity index is 1.48. The molecule has 11 heteroatoms. The number of rotatable bonds is 9. The van der Waals surface area contributed by atoms with Gasteiger partial charge in [0.2, 0.25) is 0 Å². The van der Waals surface area contributed by atoms with E-state index in [0.717, 1.165) is 11.8 Å². The number of hydrogen-bond donors (Lipinski definition) is 2. The maximum absolute atomic E-state index is 14.6. The topological polar surface area (TPSA) is 119 Å². The first kappa shape index (κ1) is 23.8. The molecule has 0 bridgehead atoms. The highest BCUT2D eigenvalue weighted by Crippen LogP contribution is 2.26. The number of anilines is 1. The van der Waals surface area contributed by atoms with Gasteiger partial charge in [-0.05, 0) is 17.7 Å². The minimum absolute atomic E-state index is 0.0461. The van der Waals surface area contributed by atoms with Gasteiger partial charge < -0.3 is 14.9 Å². The fourth-order valence-electron chi connectivity index (χ4n) is 3.79. The molecule has 0 aliphatic rings. The molecule has 1 unspecified atom stereocenters. The summed E-state index contributed by atoms with van der Waals surface area (Å²) in [6.07, 6.45) is 2.45. The molecule has 0 aliphatic carbocycles. The molecule has 2 N–H and O–H groups in total. The molecule has 0 aliphatic heterocycles. The van der Waals surface area contributed by atoms with Crippen LogP contribution in [0.15, 0.2) is 83.7 Å². The first-order valence-electron chi connectivity index (χ1n) is 11.3. The highest BCUT2D eigenvalue weighted by molar-refractivity contribution is 5.77. The molecular weight excluding hydrogens is 482 g/mol. The van der Waals surface area contributed by atoms with E-state index in [1.165, 1.54) is 17.0 Å². The summed E-state index contributed by atoms with van der Waals surface area (Å²) in [7, 11) is 0. The second-order valence-corrected chi connectivity index (χ2v) is 8.16. The average Bonchev–Trinajstić information content (AvgIpc) is 3.57. The SMILES string of the molecule is O=C(O)C(Cc1ccccc1)Nc1nc(-c2cc(-c3ccon3)n(Cc3ccccc3F)n2)ncc1F. The quantitative estimate of drug-likeness (QED) is 0.304. The van der Waals surface area contributed by atoms with Crippen LogP contribution in [0.4, 0.5) is 14.6 Å². The van der Waals surface area contributed by atoms with Gasteiger partial charge in [0.25, 0.3) is 0 Å². The van der Waals surface area contributed by atoms with Crippen molar-refractivity contribution in [1.82, 2.24) is 24.9 Å². The van der Waals surface area contributed by atoms with Crippen LogP contribution < -0.4 is 5.32 Å². The van der Waals surface area contributed by atoms with E-state index in [1.54, 1.807) is 54.6 Å². The Morgan fingerprint density at radius 3 is 2.54 bits per heavy atom. The van der Waals surface area contributed by atoms with E-state index >= 15 is 0 Å². The van der Waals surface area contributed by atoms with Gasteiger partial charge in [-0.25, -0.2) is 23.5 Å². The number of aliphatic carboxylic acids is 1. The maximum Gasteiger partial charge on any atom is 0.326 e. The smallest absolute Gasteiger partial charge is 0.326 e. The number of carboxylic acid groups (broad SMARTS) is 1. The van der Waals surface area contributed by atoms with Gasteiger partial charge in [-0.3, -0.25) is 4.68 Å². The molecule has 0 saturated carbocycles. The Morgan fingerprint density at radius 2 is 1.81 bits per heavy atom. The minimum atomic E-state index is -1.16. The number of aromatic nitrogens is 5. The summed E-state index contributed by atoms with van der Waals surface area (Å²) in [6, 6.07) is 17.4. The molecule has 0 amide bonds. The molecule has 1 atom stereocenters. The third-order valence-electron chi connectivity index (χ3n) is 5.62. The van der Waals surface area contributed by atoms with Crippen molar-refractivity contribution in [1.29, 1.82) is 0 Å². The predicted molar refractivity (Wildman–Crippen MR) is 129 cm³/mol. The van der Waals surface area contributed by atoms with Crippen LogP contribution in [-0.2, 0) is 17.8 Å². The largest absolute Gasteiger partial charge is 0.480 e. The molecule has 186 valence electrons. The lowest BCUT2D eigenvalue weighted by molar-refractivity contribution is -0.137. The Bertz CT molecular complexity index is 1520. The lowest BCUT2D eigenvalue weighted by Crippen LogP contribution is -2.32. The summed E-state index contributed by atoms with van der Waals surface area (Å²) in [5.74, 6) is -2.60. The fraction of sp³-hybridized carbons (Fsp3) is 0.115. The molecule has 0 fully saturated rings. The molecule has 3 aromatic heterocycles. The third kappa shape index (κ3) is 5.35. The Hall–Kier alpha value is -4.93. The lowest BCUT2D eigenvalue weighted by Gasteiger charge is -2.16. The van der Waals surface area contributed by atoms with Crippen molar-refractivity contribution in [3.8, 4) is 22.9 Å². The summed E-state index contributed by atoms with van der Waals surface area (Å²) in [6.45, 7) is 0.0827. The van der Waals surface area contributed by atoms with Gasteiger partial charge >= 0.3 is 5.97 Å². The van der Waals surface area contributed by atoms with E-state index in [0.29, 0.717) is 17.0 Å². The van der Waals surface area contributed by atoms with Gasteiger partial charge in [-0.15, -0.1) is 0 Å². The monoisotopic (exact) mass is 502 g/mol. The van der Waals surface area contributed by atoms with Crippen LogP contribution in [-0.4, -0.2) is 42.0 Å². The van der Waals surface area contributed by atoms with Crippen molar-refractivity contribution >= 4 is 11.8 Å². The van der Waals surface area contributed by atoms with Crippen molar-refractivity contribution in [3.05, 3.63) is 102 Å². The molecule has 5 rings (SSSR count). The third-order valence-corrected chi connectivity index (χ3v) is 5.62. The molecule has 2 aromatic carbocycles. The van der Waals surface area contributed by atoms with Crippen LogP contribution >= 0.6 is 0 Å². The van der Waals surface area contributed by atoms with Gasteiger partial charge in [0, 0.05) is 18.1 Å². The van der Waals surface area contributed by atoms with E-state index in [2.05, 4.69) is 25.5 Å². The van der Waals surface area contributed by atoms with E-state index in [4.69, 9.17) is 4.52 Å². The van der Waals surface area contributed by atoms with Crippen molar-refractivity contribution < 1.29 is 23.2 Å². The maximum atomic E-state index is 14.6. The summed E-state index contributed by atoms with van der Waals surface area (Å²) in [4.78, 5) is 20.1. The Kier molecular flexibility index (Phi) is 6.66. The van der Waals surface area contributed by atoms with Crippen molar-refractivity contribution in [2.45, 2.75) is 19.0 Å². The number of halogens is 2. The standard InChI is InChI=1S/C26H20F2N6O3/c27-18-9-5-4-8-17(18)15-34-23(20-10-11-37-33-20)13-21(32-34)25-29-14-19(28)24(31-25)30-22(26(35)36)12-16-6-2-1-3-7-16/h1-11,13-14,22H,12,15H2,(H,35,36)(H,29,30,31). The summed E-state index contributed by atoms with van der Waals surface area (Å²) < 4.78 is 35.4. The van der Waals surface area contributed by atoms with Crippen molar-refractivity contribution in [2.75, 3.05) is 5.32 Å². The fourth-order valence-corrected chi connectivity index (χ4v) is 3.79. The van der Waals surface area contributed by atoms with Gasteiger partial charge in [0.15, 0.2) is 17.5 Å². The van der Waals surface area contributed by atoms with Gasteiger partial charge in [-0.1, -0.05) is 53.7 Å². The van der Waals surface area contributed by atoms with Crippen molar-refractivity contribution in [2.24, 2.45) is 0 Å². The number of carboxylic acids is 1. The highest BCUT2D eigenvalue weighted by atomic mass is 19.1. The zero-order chi connectivity index (χ0) is 25.8. The summed E-state index contributed by atoms with van der Waals surface area (Å²) in [5.41, 5.74) is 2.37. The van der Waals surface area contributed by atoms with Crippen LogP contribution in [0, 0.1) is 11.6 Å². The first-order chi connectivity index (χ1) is 18.0. The van der Waals surface area contributed by atoms with Crippen LogP contribution in [0.1, 0.15) is 11.1 Å². The van der Waals surface area contributed by atoms with E-state index in [1.807, 2.05) is 6.07 Å². The molecule has 0 saturated heterocycles. The Labute approximate surface area is 209 Å². The normalized spacial score (nSPS) is 11.8. The molecule has 37 heavy (non-hydrogen) atoms. The number of nitrogens with zero attached hydrogens (tertiary/aromatic N) is 5. The molecule has 0 spiro atoms. The second kappa shape index (κ2) is 10.4. The highest BCUT2D eigenvalue weighted by Gasteiger charge is 2.22. The van der Waals surface area contributed by atoms with Gasteiger partial charge in [0.05, 0.1) is 18.4 Å². The molecule has 3 heterocycles. The van der Waals surface area contributed by atoms with Crippen LogP contribution in [0.25, 0.3) is 22.9 Å². The summed E-state index contributed by atoms with van der Waals surface area (Å²) >= 11 is 0. The Morgan fingerprint density at radius 1 is 1.03 bits per heavy atom. The molecule has 0 radical (unpaired) electrons. The number of nitrogens with one attached hydrogen (secondary N) is 1. The van der Waals surface area contributed by atoms with E-state index in [-0.39, 0.29) is 30.3 Å². The zero-order valence-electron chi connectivity index (χ0n) is 19.3. The first-order valence-corrected chi connectivity index (χ1v) is 11.3. The van der Waals surface area contributed by atoms with E-state index < -0.39 is 23.6 Å². The average molecular weight is 502 g/mol. The van der Waals surface area contributed by atoms with Crippen LogP contribution in [0.5, 0.6) is 0 Å². The molecule has 9 nitrogen and oxygen atoms in total. The lowest BCUT2D eigenvalue weighted by atomic mass is 10.1. The van der Waals surface area contributed by atoms with Crippen LogP contribution in [0.3, 0.4) is 0 Å². The second-order valence-electron chi connectivity index (χ2n) is 8.16. The summed E-state index contributed by atoms with van der Waals surface area (Å²) in [5, 5.41) is 20.8. The van der Waals surface area contributed by atoms with Crippen LogP contribution in [0.2, 0.25) is 0 Å². The van der Waals surface area contributed by atoms with Gasteiger partial charge in [-0.2, -0.15) is 5.10 Å². The number of carbonyl (C=O) groups is 1. The number of benzene rings is 2. The van der Waals surface area contributed by atoms with E-state index in [9.17, 15) is 18.7 Å². The minimum Gasteiger partial charge on any atom is -0.480 e. The van der Waals surface area contributed by atoms with Crippen molar-refractivity contribution in [3.63, 3.8) is 0 Å².